The smallest absolute Gasteiger partial charge is 0.223 e. The number of rotatable bonds is 6. The van der Waals surface area contributed by atoms with E-state index in [2.05, 4.69) is 83.1 Å². The van der Waals surface area contributed by atoms with Gasteiger partial charge >= 0.3 is 0 Å². The number of benzene rings is 3. The Balaban J connectivity index is 1.65. The summed E-state index contributed by atoms with van der Waals surface area (Å²) in [6.07, 6.45) is 2.04. The lowest BCUT2D eigenvalue weighted by molar-refractivity contribution is -0.122. The van der Waals surface area contributed by atoms with Crippen molar-refractivity contribution in [1.82, 2.24) is 10.3 Å². The third kappa shape index (κ3) is 3.56. The average molecular weight is 380 g/mol. The van der Waals surface area contributed by atoms with Gasteiger partial charge in [-0.2, -0.15) is 0 Å². The monoisotopic (exact) mass is 380 g/mol. The lowest BCUT2D eigenvalue weighted by Gasteiger charge is -2.20. The van der Waals surface area contributed by atoms with Crippen LogP contribution in [0.1, 0.15) is 29.9 Å². The molecule has 1 heterocycles. The van der Waals surface area contributed by atoms with Gasteiger partial charge in [-0.05, 0) is 35.6 Å². The highest BCUT2D eigenvalue weighted by Crippen LogP contribution is 2.38. The van der Waals surface area contributed by atoms with Gasteiger partial charge in [0, 0.05) is 29.3 Å². The zero-order valence-corrected chi connectivity index (χ0v) is 16.3. The second-order valence-corrected chi connectivity index (χ2v) is 7.81. The summed E-state index contributed by atoms with van der Waals surface area (Å²) in [5.41, 5.74) is 5.87. The Labute approximate surface area is 170 Å². The molecule has 0 saturated heterocycles. The van der Waals surface area contributed by atoms with Crippen LogP contribution in [0.25, 0.3) is 22.2 Å². The molecule has 0 aliphatic heterocycles. The summed E-state index contributed by atoms with van der Waals surface area (Å²) in [5, 5.41) is 4.43. The van der Waals surface area contributed by atoms with Crippen molar-refractivity contribution < 1.29 is 4.79 Å². The quantitative estimate of drug-likeness (QED) is 0.456. The van der Waals surface area contributed by atoms with Crippen molar-refractivity contribution in [2.75, 3.05) is 6.54 Å². The second kappa shape index (κ2) is 7.59. The van der Waals surface area contributed by atoms with Crippen LogP contribution >= 0.6 is 0 Å². The summed E-state index contributed by atoms with van der Waals surface area (Å²) in [6.45, 7) is 0.598. The van der Waals surface area contributed by atoms with Crippen molar-refractivity contribution in [3.63, 3.8) is 0 Å². The Morgan fingerprint density at radius 3 is 2.28 bits per heavy atom. The predicted octanol–water partition coefficient (Wildman–Crippen LogP) is 5.49. The number of fused-ring (bicyclic) bond motifs is 1. The molecule has 3 heteroatoms. The largest absolute Gasteiger partial charge is 0.355 e. The van der Waals surface area contributed by atoms with E-state index in [0.29, 0.717) is 6.54 Å². The van der Waals surface area contributed by atoms with E-state index in [-0.39, 0.29) is 17.7 Å². The molecule has 3 nitrogen and oxygen atoms in total. The van der Waals surface area contributed by atoms with E-state index < -0.39 is 0 Å². The van der Waals surface area contributed by atoms with E-state index in [1.807, 2.05) is 12.1 Å². The van der Waals surface area contributed by atoms with Gasteiger partial charge in [0.05, 0.1) is 5.69 Å². The molecule has 3 aromatic carbocycles. The molecule has 1 saturated carbocycles. The van der Waals surface area contributed by atoms with Gasteiger partial charge in [-0.3, -0.25) is 4.79 Å². The zero-order chi connectivity index (χ0) is 19.6. The number of hydrogen-bond donors (Lipinski definition) is 2. The van der Waals surface area contributed by atoms with Gasteiger partial charge in [0.15, 0.2) is 0 Å². The number of carbonyl (C=O) groups is 1. The third-order valence-corrected chi connectivity index (χ3v) is 5.79. The maximum Gasteiger partial charge on any atom is 0.223 e. The first-order valence-corrected chi connectivity index (χ1v) is 10.3. The summed E-state index contributed by atoms with van der Waals surface area (Å²) >= 11 is 0. The molecule has 2 N–H and O–H groups in total. The van der Waals surface area contributed by atoms with Gasteiger partial charge in [0.2, 0.25) is 5.91 Å². The zero-order valence-electron chi connectivity index (χ0n) is 16.3. The van der Waals surface area contributed by atoms with Crippen molar-refractivity contribution in [3.05, 3.63) is 96.1 Å². The fraction of sp³-hybridized carbons (Fsp3) is 0.192. The molecule has 1 aliphatic carbocycles. The Bertz CT molecular complexity index is 1130. The fourth-order valence-corrected chi connectivity index (χ4v) is 4.12. The van der Waals surface area contributed by atoms with Crippen molar-refractivity contribution in [2.24, 2.45) is 5.92 Å². The van der Waals surface area contributed by atoms with Crippen molar-refractivity contribution in [3.8, 4) is 11.3 Å². The standard InChI is InChI=1S/C26H24N2O/c29-26(20-15-16-20)27-17-22(18-9-3-1-4-10-18)24-21-13-7-8-14-23(21)28-25(24)19-11-5-2-6-12-19/h1-14,20,22,28H,15-17H2,(H,27,29)/t22-/m1/s1. The second-order valence-electron chi connectivity index (χ2n) is 7.81. The van der Waals surface area contributed by atoms with Gasteiger partial charge < -0.3 is 10.3 Å². The Kier molecular flexibility index (Phi) is 4.65. The topological polar surface area (TPSA) is 44.9 Å². The van der Waals surface area contributed by atoms with E-state index in [1.165, 1.54) is 16.5 Å². The van der Waals surface area contributed by atoms with Crippen LogP contribution in [-0.2, 0) is 4.79 Å². The van der Waals surface area contributed by atoms with E-state index in [0.717, 1.165) is 29.6 Å². The highest BCUT2D eigenvalue weighted by Gasteiger charge is 2.31. The molecule has 144 valence electrons. The molecule has 0 unspecified atom stereocenters. The highest BCUT2D eigenvalue weighted by atomic mass is 16.2. The van der Waals surface area contributed by atoms with Crippen LogP contribution in [0.15, 0.2) is 84.9 Å². The first kappa shape index (κ1) is 17.7. The summed E-state index contributed by atoms with van der Waals surface area (Å²) in [6, 6.07) is 29.4. The fourth-order valence-electron chi connectivity index (χ4n) is 4.12. The average Bonchev–Trinajstić information content (AvgIpc) is 3.57. The summed E-state index contributed by atoms with van der Waals surface area (Å²) < 4.78 is 0. The van der Waals surface area contributed by atoms with Crippen LogP contribution in [-0.4, -0.2) is 17.4 Å². The molecule has 1 fully saturated rings. The molecular weight excluding hydrogens is 356 g/mol. The molecule has 29 heavy (non-hydrogen) atoms. The highest BCUT2D eigenvalue weighted by molar-refractivity contribution is 5.92. The van der Waals surface area contributed by atoms with E-state index in [9.17, 15) is 4.79 Å². The SMILES string of the molecule is O=C(NC[C@H](c1ccccc1)c1c(-c2ccccc2)[nH]c2ccccc12)C1CC1. The summed E-state index contributed by atoms with van der Waals surface area (Å²) in [5.74, 6) is 0.472. The van der Waals surface area contributed by atoms with Crippen LogP contribution in [0.3, 0.4) is 0 Å². The van der Waals surface area contributed by atoms with Crippen molar-refractivity contribution >= 4 is 16.8 Å². The van der Waals surface area contributed by atoms with Crippen LogP contribution in [0, 0.1) is 5.92 Å². The molecule has 0 spiro atoms. The number of H-pyrrole nitrogens is 1. The van der Waals surface area contributed by atoms with Crippen LogP contribution in [0.4, 0.5) is 0 Å². The number of aromatic amines is 1. The molecule has 0 radical (unpaired) electrons. The number of aromatic nitrogens is 1. The van der Waals surface area contributed by atoms with Crippen molar-refractivity contribution in [1.29, 1.82) is 0 Å². The number of hydrogen-bond acceptors (Lipinski definition) is 1. The Morgan fingerprint density at radius 2 is 1.55 bits per heavy atom. The number of para-hydroxylation sites is 1. The van der Waals surface area contributed by atoms with Crippen LogP contribution < -0.4 is 5.32 Å². The molecule has 1 atom stereocenters. The molecule has 1 amide bonds. The van der Waals surface area contributed by atoms with Crippen LogP contribution in [0.2, 0.25) is 0 Å². The van der Waals surface area contributed by atoms with Crippen molar-refractivity contribution in [2.45, 2.75) is 18.8 Å². The predicted molar refractivity (Wildman–Crippen MR) is 118 cm³/mol. The number of carbonyl (C=O) groups excluding carboxylic acids is 1. The summed E-state index contributed by atoms with van der Waals surface area (Å²) in [7, 11) is 0. The van der Waals surface area contributed by atoms with Gasteiger partial charge in [-0.15, -0.1) is 0 Å². The van der Waals surface area contributed by atoms with E-state index in [1.54, 1.807) is 0 Å². The molecule has 0 bridgehead atoms. The molecule has 1 aliphatic rings. The molecular formula is C26H24N2O. The Hall–Kier alpha value is -3.33. The molecule has 4 aromatic rings. The van der Waals surface area contributed by atoms with Gasteiger partial charge in [0.25, 0.3) is 0 Å². The minimum absolute atomic E-state index is 0.0743. The lowest BCUT2D eigenvalue weighted by Crippen LogP contribution is -2.30. The third-order valence-electron chi connectivity index (χ3n) is 5.79. The first-order chi connectivity index (χ1) is 14.3. The van der Waals surface area contributed by atoms with Gasteiger partial charge in [-0.25, -0.2) is 0 Å². The maximum absolute atomic E-state index is 12.4. The first-order valence-electron chi connectivity index (χ1n) is 10.3. The normalized spacial score (nSPS) is 14.6. The number of amides is 1. The lowest BCUT2D eigenvalue weighted by atomic mass is 9.87. The van der Waals surface area contributed by atoms with Gasteiger partial charge in [-0.1, -0.05) is 78.9 Å². The molecule has 5 rings (SSSR count). The van der Waals surface area contributed by atoms with Crippen LogP contribution in [0.5, 0.6) is 0 Å². The minimum Gasteiger partial charge on any atom is -0.355 e. The van der Waals surface area contributed by atoms with E-state index >= 15 is 0 Å². The number of nitrogens with one attached hydrogen (secondary N) is 2. The minimum atomic E-state index is 0.0743. The van der Waals surface area contributed by atoms with Gasteiger partial charge in [0.1, 0.15) is 0 Å². The molecule has 1 aromatic heterocycles. The summed E-state index contributed by atoms with van der Waals surface area (Å²) in [4.78, 5) is 16.1. The Morgan fingerprint density at radius 1 is 0.897 bits per heavy atom. The van der Waals surface area contributed by atoms with E-state index in [4.69, 9.17) is 0 Å². The maximum atomic E-state index is 12.4.